The van der Waals surface area contributed by atoms with Crippen LogP contribution in [0.3, 0.4) is 0 Å². The Hall–Kier alpha value is -1.59. The molecular weight excluding hydrogens is 197 g/mol. The number of aromatic nitrogens is 1. The zero-order valence-corrected chi connectivity index (χ0v) is 7.67. The molecule has 0 saturated carbocycles. The lowest BCUT2D eigenvalue weighted by Gasteiger charge is -2.01. The molecule has 1 rings (SSSR count). The highest BCUT2D eigenvalue weighted by Gasteiger charge is 2.12. The molecule has 0 saturated heterocycles. The first-order chi connectivity index (χ1) is 6.65. The van der Waals surface area contributed by atoms with Gasteiger partial charge in [-0.15, -0.1) is 0 Å². The van der Waals surface area contributed by atoms with Gasteiger partial charge in [0, 0.05) is 11.8 Å². The van der Waals surface area contributed by atoms with Crippen LogP contribution >= 0.6 is 0 Å². The SMILES string of the molecule is CC.O=Cc1cnc(N(F)F)c(F)c1. The topological polar surface area (TPSA) is 33.2 Å². The smallest absolute Gasteiger partial charge is 0.230 e. The van der Waals surface area contributed by atoms with Gasteiger partial charge < -0.3 is 0 Å². The third kappa shape index (κ3) is 3.04. The molecule has 78 valence electrons. The monoisotopic (exact) mass is 206 g/mol. The van der Waals surface area contributed by atoms with Crippen molar-refractivity contribution in [2.45, 2.75) is 13.8 Å². The van der Waals surface area contributed by atoms with Crippen LogP contribution in [-0.2, 0) is 0 Å². The lowest BCUT2D eigenvalue weighted by molar-refractivity contribution is 0.112. The maximum Gasteiger partial charge on any atom is 0.230 e. The van der Waals surface area contributed by atoms with E-state index in [1.165, 1.54) is 0 Å². The number of halogens is 3. The van der Waals surface area contributed by atoms with Crippen molar-refractivity contribution < 1.29 is 18.1 Å². The zero-order valence-electron chi connectivity index (χ0n) is 7.67. The Labute approximate surface area is 79.0 Å². The molecule has 0 aromatic carbocycles. The predicted octanol–water partition coefficient (Wildman–Crippen LogP) is 2.63. The van der Waals surface area contributed by atoms with Crippen LogP contribution < -0.4 is 5.34 Å². The van der Waals surface area contributed by atoms with Gasteiger partial charge in [-0.2, -0.15) is 0 Å². The van der Waals surface area contributed by atoms with E-state index in [0.717, 1.165) is 6.20 Å². The summed E-state index contributed by atoms with van der Waals surface area (Å²) in [6.07, 6.45) is 1.18. The van der Waals surface area contributed by atoms with E-state index in [4.69, 9.17) is 0 Å². The fraction of sp³-hybridized carbons (Fsp3) is 0.250. The Bertz CT molecular complexity index is 305. The Morgan fingerprint density at radius 1 is 1.43 bits per heavy atom. The van der Waals surface area contributed by atoms with Gasteiger partial charge in [-0.25, -0.2) is 9.37 Å². The quantitative estimate of drug-likeness (QED) is 0.550. The molecule has 3 nitrogen and oxygen atoms in total. The minimum absolute atomic E-state index is 0.0851. The third-order valence-corrected chi connectivity index (χ3v) is 1.14. The first-order valence-corrected chi connectivity index (χ1v) is 3.87. The third-order valence-electron chi connectivity index (χ3n) is 1.14. The fourth-order valence-corrected chi connectivity index (χ4v) is 0.634. The molecule has 1 aromatic heterocycles. The van der Waals surface area contributed by atoms with E-state index < -0.39 is 17.0 Å². The molecule has 0 N–H and O–H groups in total. The van der Waals surface area contributed by atoms with Crippen molar-refractivity contribution in [1.29, 1.82) is 0 Å². The molecule has 0 amide bonds. The predicted molar refractivity (Wildman–Crippen MR) is 45.6 cm³/mol. The normalized spacial score (nSPS) is 8.64. The Morgan fingerprint density at radius 3 is 2.36 bits per heavy atom. The molecule has 1 aromatic rings. The number of pyridine rings is 1. The molecule has 0 aliphatic carbocycles. The summed E-state index contributed by atoms with van der Waals surface area (Å²) in [5.41, 5.74) is -0.0851. The van der Waals surface area contributed by atoms with E-state index >= 15 is 0 Å². The van der Waals surface area contributed by atoms with Crippen molar-refractivity contribution in [3.63, 3.8) is 0 Å². The fourth-order valence-electron chi connectivity index (χ4n) is 0.634. The molecule has 0 bridgehead atoms. The van der Waals surface area contributed by atoms with Gasteiger partial charge in [0.25, 0.3) is 0 Å². The standard InChI is InChI=1S/C6H3F3N2O.C2H6/c7-5-1-4(3-12)2-10-6(5)11(8)9;1-2/h1-3H;1-2H3. The summed E-state index contributed by atoms with van der Waals surface area (Å²) in [5, 5.41) is -1.45. The number of carbonyl (C=O) groups is 1. The zero-order chi connectivity index (χ0) is 11.1. The first kappa shape index (κ1) is 12.4. The maximum absolute atomic E-state index is 12.5. The molecular formula is C8H9F3N2O. The molecule has 6 heteroatoms. The second kappa shape index (κ2) is 5.95. The van der Waals surface area contributed by atoms with Gasteiger partial charge in [0.05, 0.1) is 0 Å². The molecule has 0 fully saturated rings. The lowest BCUT2D eigenvalue weighted by atomic mass is 10.3. The van der Waals surface area contributed by atoms with E-state index in [9.17, 15) is 18.1 Å². The van der Waals surface area contributed by atoms with Gasteiger partial charge >= 0.3 is 0 Å². The van der Waals surface area contributed by atoms with E-state index in [1.54, 1.807) is 0 Å². The lowest BCUT2D eigenvalue weighted by Crippen LogP contribution is -2.02. The van der Waals surface area contributed by atoms with Crippen molar-refractivity contribution >= 4 is 12.1 Å². The molecule has 0 aliphatic rings. The second-order valence-corrected chi connectivity index (χ2v) is 1.92. The van der Waals surface area contributed by atoms with Gasteiger partial charge in [-0.1, -0.05) is 22.8 Å². The van der Waals surface area contributed by atoms with Crippen molar-refractivity contribution in [3.8, 4) is 0 Å². The van der Waals surface area contributed by atoms with Crippen LogP contribution in [0.2, 0.25) is 0 Å². The average molecular weight is 206 g/mol. The summed E-state index contributed by atoms with van der Waals surface area (Å²) >= 11 is 0. The number of rotatable bonds is 2. The largest absolute Gasteiger partial charge is 0.298 e. The highest BCUT2D eigenvalue weighted by Crippen LogP contribution is 2.16. The summed E-state index contributed by atoms with van der Waals surface area (Å²) in [6.45, 7) is 4.00. The number of hydrogen-bond donors (Lipinski definition) is 0. The number of aldehydes is 1. The number of carbonyl (C=O) groups excluding carboxylic acids is 1. The van der Waals surface area contributed by atoms with Crippen LogP contribution in [0.1, 0.15) is 24.2 Å². The maximum atomic E-state index is 12.5. The summed E-state index contributed by atoms with van der Waals surface area (Å²) in [4.78, 5) is 13.1. The molecule has 0 unspecified atom stereocenters. The van der Waals surface area contributed by atoms with E-state index in [1.807, 2.05) is 13.8 Å². The highest BCUT2D eigenvalue weighted by molar-refractivity contribution is 5.74. The minimum Gasteiger partial charge on any atom is -0.298 e. The van der Waals surface area contributed by atoms with Gasteiger partial charge in [-0.05, 0) is 11.4 Å². The van der Waals surface area contributed by atoms with Crippen LogP contribution in [0.5, 0.6) is 0 Å². The van der Waals surface area contributed by atoms with E-state index in [0.29, 0.717) is 12.4 Å². The Balaban J connectivity index is 0.000000791. The van der Waals surface area contributed by atoms with Crippen LogP contribution in [0.4, 0.5) is 19.2 Å². The van der Waals surface area contributed by atoms with Crippen molar-refractivity contribution in [2.75, 3.05) is 5.34 Å². The van der Waals surface area contributed by atoms with Gasteiger partial charge in [-0.3, -0.25) is 4.79 Å². The van der Waals surface area contributed by atoms with Crippen LogP contribution in [0, 0.1) is 5.82 Å². The van der Waals surface area contributed by atoms with Crippen molar-refractivity contribution in [1.82, 2.24) is 4.98 Å². The highest BCUT2D eigenvalue weighted by atomic mass is 19.4. The van der Waals surface area contributed by atoms with E-state index in [-0.39, 0.29) is 5.56 Å². The summed E-state index contributed by atoms with van der Waals surface area (Å²) < 4.78 is 36.0. The van der Waals surface area contributed by atoms with Crippen LogP contribution in [0.15, 0.2) is 12.3 Å². The minimum atomic E-state index is -1.45. The molecule has 0 aliphatic heterocycles. The number of nitrogens with zero attached hydrogens (tertiary/aromatic N) is 2. The second-order valence-electron chi connectivity index (χ2n) is 1.92. The molecule has 1 heterocycles. The summed E-state index contributed by atoms with van der Waals surface area (Å²) in [6, 6.07) is 0.682. The van der Waals surface area contributed by atoms with Crippen LogP contribution in [-0.4, -0.2) is 11.3 Å². The average Bonchev–Trinajstić information content (AvgIpc) is 2.20. The van der Waals surface area contributed by atoms with Gasteiger partial charge in [0.2, 0.25) is 5.82 Å². The summed E-state index contributed by atoms with van der Waals surface area (Å²) in [5.74, 6) is -2.33. The van der Waals surface area contributed by atoms with Gasteiger partial charge in [0.1, 0.15) is 0 Å². The van der Waals surface area contributed by atoms with Crippen molar-refractivity contribution in [2.24, 2.45) is 0 Å². The number of hydrogen-bond acceptors (Lipinski definition) is 3. The summed E-state index contributed by atoms with van der Waals surface area (Å²) in [7, 11) is 0. The van der Waals surface area contributed by atoms with E-state index in [2.05, 4.69) is 4.98 Å². The van der Waals surface area contributed by atoms with Gasteiger partial charge in [0.15, 0.2) is 12.1 Å². The number of anilines is 1. The van der Waals surface area contributed by atoms with Crippen LogP contribution in [0.25, 0.3) is 0 Å². The molecule has 0 atom stereocenters. The Morgan fingerprint density at radius 2 is 2.00 bits per heavy atom. The Kier molecular flexibility index (Phi) is 5.28. The molecule has 14 heavy (non-hydrogen) atoms. The molecule has 0 spiro atoms. The van der Waals surface area contributed by atoms with Crippen molar-refractivity contribution in [3.05, 3.63) is 23.6 Å². The first-order valence-electron chi connectivity index (χ1n) is 3.87. The molecule has 0 radical (unpaired) electrons.